The molecule has 0 aromatic carbocycles. The molecule has 2 unspecified atom stereocenters. The standard InChI is InChI=1S/C3H3N3O6P2S/c7-13(8)11-3(12-14(9)10)5-2-6-4-1-15-2/h1,3H,(H-2,5,6,7,8,9,10)/p+2. The van der Waals surface area contributed by atoms with Gasteiger partial charge in [-0.25, -0.2) is 0 Å². The molecule has 0 aliphatic carbocycles. The average Bonchev–Trinajstić information content (AvgIpc) is 2.53. The smallest absolute Gasteiger partial charge is 0.305 e. The summed E-state index contributed by atoms with van der Waals surface area (Å²) in [5, 5.41) is 9.52. The summed E-state index contributed by atoms with van der Waals surface area (Å²) in [6.45, 7) is 0. The van der Waals surface area contributed by atoms with E-state index in [2.05, 4.69) is 24.6 Å². The molecule has 1 aromatic rings. The average molecular weight is 273 g/mol. The van der Waals surface area contributed by atoms with Gasteiger partial charge in [0.1, 0.15) is 5.51 Å². The van der Waals surface area contributed by atoms with Gasteiger partial charge in [0, 0.05) is 9.13 Å². The number of nitrogens with one attached hydrogen (secondary N) is 1. The van der Waals surface area contributed by atoms with Crippen LogP contribution >= 0.6 is 27.8 Å². The van der Waals surface area contributed by atoms with Crippen LogP contribution in [0, 0.1) is 0 Å². The molecule has 0 radical (unpaired) electrons. The van der Waals surface area contributed by atoms with E-state index in [9.17, 15) is 9.13 Å². The predicted octanol–water partition coefficient (Wildman–Crippen LogP) is 0.566. The lowest BCUT2D eigenvalue weighted by Gasteiger charge is -2.02. The van der Waals surface area contributed by atoms with Gasteiger partial charge in [0.25, 0.3) is 0 Å². The molecule has 12 heteroatoms. The Morgan fingerprint density at radius 1 is 1.40 bits per heavy atom. The fraction of sp³-hybridized carbons (Fsp3) is 0.333. The van der Waals surface area contributed by atoms with Crippen LogP contribution in [0.5, 0.6) is 0 Å². The van der Waals surface area contributed by atoms with Gasteiger partial charge in [0.15, 0.2) is 0 Å². The van der Waals surface area contributed by atoms with Crippen molar-refractivity contribution in [2.24, 2.45) is 0 Å². The van der Waals surface area contributed by atoms with Gasteiger partial charge < -0.3 is 5.32 Å². The summed E-state index contributed by atoms with van der Waals surface area (Å²) in [5.74, 6) is 0. The fourth-order valence-corrected chi connectivity index (χ4v) is 1.61. The largest absolute Gasteiger partial charge is 0.699 e. The summed E-state index contributed by atoms with van der Waals surface area (Å²) in [4.78, 5) is 16.8. The first-order valence-corrected chi connectivity index (χ1v) is 6.40. The van der Waals surface area contributed by atoms with Crippen molar-refractivity contribution in [1.82, 2.24) is 10.2 Å². The Morgan fingerprint density at radius 3 is 2.40 bits per heavy atom. The number of anilines is 1. The summed E-state index contributed by atoms with van der Waals surface area (Å²) in [6, 6.07) is 0. The van der Waals surface area contributed by atoms with Crippen molar-refractivity contribution in [3.8, 4) is 0 Å². The Labute approximate surface area is 89.0 Å². The maximum atomic E-state index is 10.3. The first kappa shape index (κ1) is 12.5. The second-order valence-electron chi connectivity index (χ2n) is 1.91. The molecular formula is C3H5N3O6P2S+2. The van der Waals surface area contributed by atoms with Crippen molar-refractivity contribution in [2.75, 3.05) is 5.32 Å². The summed E-state index contributed by atoms with van der Waals surface area (Å²) in [6.07, 6.45) is -1.54. The Balaban J connectivity index is 2.55. The number of hydrogen-bond donors (Lipinski definition) is 3. The molecule has 0 fully saturated rings. The van der Waals surface area contributed by atoms with E-state index in [0.29, 0.717) is 0 Å². The number of aromatic nitrogens is 2. The zero-order valence-corrected chi connectivity index (χ0v) is 9.48. The summed E-state index contributed by atoms with van der Waals surface area (Å²) in [7, 11) is -5.95. The molecule has 82 valence electrons. The van der Waals surface area contributed by atoms with Crippen molar-refractivity contribution in [3.63, 3.8) is 0 Å². The second kappa shape index (κ2) is 6.09. The van der Waals surface area contributed by atoms with E-state index < -0.39 is 22.9 Å². The van der Waals surface area contributed by atoms with Crippen molar-refractivity contribution < 1.29 is 28.0 Å². The molecule has 0 amide bonds. The monoisotopic (exact) mass is 273 g/mol. The highest BCUT2D eigenvalue weighted by Gasteiger charge is 2.33. The zero-order valence-electron chi connectivity index (χ0n) is 6.88. The normalized spacial score (nSPS) is 14.5. The van der Waals surface area contributed by atoms with Gasteiger partial charge in [-0.15, -0.1) is 20.0 Å². The number of rotatable bonds is 6. The topological polar surface area (TPSA) is 131 Å². The van der Waals surface area contributed by atoms with Gasteiger partial charge in [-0.05, 0) is 0 Å². The minimum absolute atomic E-state index is 0.216. The third-order valence-electron chi connectivity index (χ3n) is 0.973. The molecule has 0 aliphatic rings. The number of hydrogen-bond acceptors (Lipinski definition) is 8. The minimum atomic E-state index is -2.97. The molecule has 1 rings (SSSR count). The van der Waals surface area contributed by atoms with Gasteiger partial charge >= 0.3 is 22.9 Å². The van der Waals surface area contributed by atoms with Crippen LogP contribution in [0.1, 0.15) is 0 Å². The van der Waals surface area contributed by atoms with Crippen LogP contribution in [0.2, 0.25) is 0 Å². The molecule has 1 aromatic heterocycles. The summed E-state index contributed by atoms with van der Waals surface area (Å²) >= 11 is 1.06. The van der Waals surface area contributed by atoms with E-state index in [1.807, 2.05) is 0 Å². The van der Waals surface area contributed by atoms with Gasteiger partial charge in [-0.3, -0.25) is 0 Å². The summed E-state index contributed by atoms with van der Waals surface area (Å²) < 4.78 is 29.2. The predicted molar refractivity (Wildman–Crippen MR) is 49.1 cm³/mol. The molecule has 2 atom stereocenters. The van der Waals surface area contributed by atoms with E-state index in [0.717, 1.165) is 11.3 Å². The van der Waals surface area contributed by atoms with Gasteiger partial charge in [-0.2, -0.15) is 0 Å². The zero-order chi connectivity index (χ0) is 11.3. The molecule has 15 heavy (non-hydrogen) atoms. The SMILES string of the molecule is O=[P+](O)OC(Nc1nncs1)O[P+](=O)O. The summed E-state index contributed by atoms with van der Waals surface area (Å²) in [5.41, 5.74) is 1.39. The molecule has 1 heterocycles. The highest BCUT2D eigenvalue weighted by atomic mass is 32.1. The van der Waals surface area contributed by atoms with E-state index >= 15 is 0 Å². The van der Waals surface area contributed by atoms with Crippen molar-refractivity contribution >= 4 is 33.0 Å². The fourth-order valence-electron chi connectivity index (χ4n) is 0.573. The Hall–Kier alpha value is -0.600. The van der Waals surface area contributed by atoms with Crippen LogP contribution in [0.25, 0.3) is 0 Å². The molecule has 9 nitrogen and oxygen atoms in total. The molecular weight excluding hydrogens is 268 g/mol. The minimum Gasteiger partial charge on any atom is -0.305 e. The lowest BCUT2D eigenvalue weighted by atomic mass is 11.0. The lowest BCUT2D eigenvalue weighted by molar-refractivity contribution is 0.0262. The number of nitrogens with zero attached hydrogens (tertiary/aromatic N) is 2. The highest BCUT2D eigenvalue weighted by molar-refractivity contribution is 7.32. The Bertz CT molecular complexity index is 329. The van der Waals surface area contributed by atoms with Gasteiger partial charge in [0.2, 0.25) is 5.13 Å². The van der Waals surface area contributed by atoms with E-state index in [4.69, 9.17) is 9.79 Å². The maximum Gasteiger partial charge on any atom is 0.699 e. The van der Waals surface area contributed by atoms with Crippen LogP contribution in [0.4, 0.5) is 5.13 Å². The lowest BCUT2D eigenvalue weighted by Crippen LogP contribution is -2.21. The van der Waals surface area contributed by atoms with Crippen molar-refractivity contribution in [1.29, 1.82) is 0 Å². The van der Waals surface area contributed by atoms with Crippen LogP contribution in [0.3, 0.4) is 0 Å². The maximum absolute atomic E-state index is 10.3. The molecule has 0 aliphatic heterocycles. The Morgan fingerprint density at radius 2 is 2.00 bits per heavy atom. The van der Waals surface area contributed by atoms with Crippen molar-refractivity contribution in [3.05, 3.63) is 5.51 Å². The van der Waals surface area contributed by atoms with Crippen LogP contribution in [0.15, 0.2) is 5.51 Å². The van der Waals surface area contributed by atoms with E-state index in [1.54, 1.807) is 0 Å². The molecule has 0 bridgehead atoms. The third-order valence-corrected chi connectivity index (χ3v) is 2.34. The van der Waals surface area contributed by atoms with Crippen LogP contribution in [-0.2, 0) is 18.2 Å². The van der Waals surface area contributed by atoms with Gasteiger partial charge in [0.05, 0.1) is 0 Å². The van der Waals surface area contributed by atoms with E-state index in [1.165, 1.54) is 5.51 Å². The first-order valence-electron chi connectivity index (χ1n) is 3.26. The molecule has 3 N–H and O–H groups in total. The first-order chi connectivity index (χ1) is 7.08. The molecule has 0 spiro atoms. The second-order valence-corrected chi connectivity index (χ2v) is 4.11. The molecule has 0 saturated carbocycles. The third kappa shape index (κ3) is 5.14. The van der Waals surface area contributed by atoms with Crippen LogP contribution in [-0.4, -0.2) is 26.4 Å². The van der Waals surface area contributed by atoms with Crippen molar-refractivity contribution in [2.45, 2.75) is 6.41 Å². The van der Waals surface area contributed by atoms with Gasteiger partial charge in [-0.1, -0.05) is 20.4 Å². The quantitative estimate of drug-likeness (QED) is 0.502. The van der Waals surface area contributed by atoms with E-state index in [-0.39, 0.29) is 5.13 Å². The van der Waals surface area contributed by atoms with Crippen LogP contribution < -0.4 is 5.32 Å². The Kier molecular flexibility index (Phi) is 5.06. The highest BCUT2D eigenvalue weighted by Crippen LogP contribution is 2.27. The molecule has 0 saturated heterocycles.